The van der Waals surface area contributed by atoms with E-state index in [0.29, 0.717) is 25.8 Å². The van der Waals surface area contributed by atoms with Gasteiger partial charge in [0.25, 0.3) is 0 Å². The molecule has 0 bridgehead atoms. The molecular formula is C13H20N2O4S. The molecule has 0 saturated carbocycles. The highest BCUT2D eigenvalue weighted by molar-refractivity contribution is 7.07. The van der Waals surface area contributed by atoms with Crippen molar-refractivity contribution in [2.24, 2.45) is 0 Å². The van der Waals surface area contributed by atoms with E-state index in [2.05, 4.69) is 5.32 Å². The lowest BCUT2D eigenvalue weighted by Gasteiger charge is -2.13. The molecule has 0 unspecified atom stereocenters. The Morgan fingerprint density at radius 2 is 2.20 bits per heavy atom. The van der Waals surface area contributed by atoms with Crippen molar-refractivity contribution in [1.82, 2.24) is 9.88 Å². The summed E-state index contributed by atoms with van der Waals surface area (Å²) in [4.78, 5) is 34.0. The summed E-state index contributed by atoms with van der Waals surface area (Å²) in [5.74, 6) is -1.29. The largest absolute Gasteiger partial charge is 0.480 e. The van der Waals surface area contributed by atoms with E-state index in [0.717, 1.165) is 17.0 Å². The maximum Gasteiger partial charge on any atom is 0.326 e. The van der Waals surface area contributed by atoms with Crippen LogP contribution in [-0.4, -0.2) is 27.6 Å². The molecule has 1 rings (SSSR count). The molecule has 0 aliphatic rings. The van der Waals surface area contributed by atoms with Gasteiger partial charge in [0.1, 0.15) is 6.04 Å². The Balaban J connectivity index is 2.40. The highest BCUT2D eigenvalue weighted by Crippen LogP contribution is 2.03. The van der Waals surface area contributed by atoms with E-state index < -0.39 is 12.0 Å². The standard InChI is InChI=1S/C13H20N2O4S/c1-3-5-10(12(17)18)14-11(16)6-4-7-15-9(2)8-20-13(15)19/h8,10H,3-7H2,1-2H3,(H,14,16)(H,17,18)/t10-/m1/s1. The van der Waals surface area contributed by atoms with Crippen LogP contribution in [0.2, 0.25) is 0 Å². The summed E-state index contributed by atoms with van der Waals surface area (Å²) in [5, 5.41) is 13.2. The minimum Gasteiger partial charge on any atom is -0.480 e. The third-order valence-electron chi connectivity index (χ3n) is 2.97. The minimum atomic E-state index is -1.01. The number of nitrogens with one attached hydrogen (secondary N) is 1. The number of hydrogen-bond donors (Lipinski definition) is 2. The van der Waals surface area contributed by atoms with Crippen LogP contribution in [0.5, 0.6) is 0 Å². The molecule has 1 aromatic rings. The molecule has 20 heavy (non-hydrogen) atoms. The van der Waals surface area contributed by atoms with E-state index in [-0.39, 0.29) is 17.2 Å². The molecule has 0 saturated heterocycles. The van der Waals surface area contributed by atoms with E-state index in [1.165, 1.54) is 0 Å². The second kappa shape index (κ2) is 7.84. The first-order valence-electron chi connectivity index (χ1n) is 6.62. The van der Waals surface area contributed by atoms with Crippen LogP contribution >= 0.6 is 11.3 Å². The lowest BCUT2D eigenvalue weighted by Crippen LogP contribution is -2.40. The highest BCUT2D eigenvalue weighted by atomic mass is 32.1. The van der Waals surface area contributed by atoms with Crippen molar-refractivity contribution in [3.05, 3.63) is 20.7 Å². The summed E-state index contributed by atoms with van der Waals surface area (Å²) in [6, 6.07) is -0.821. The van der Waals surface area contributed by atoms with E-state index in [1.54, 1.807) is 9.95 Å². The zero-order valence-electron chi connectivity index (χ0n) is 11.7. The van der Waals surface area contributed by atoms with Gasteiger partial charge in [0.05, 0.1) is 0 Å². The molecule has 1 amide bonds. The minimum absolute atomic E-state index is 0.0303. The highest BCUT2D eigenvalue weighted by Gasteiger charge is 2.18. The zero-order valence-corrected chi connectivity index (χ0v) is 12.5. The van der Waals surface area contributed by atoms with Gasteiger partial charge in [-0.3, -0.25) is 9.59 Å². The summed E-state index contributed by atoms with van der Waals surface area (Å²) in [5.41, 5.74) is 0.884. The lowest BCUT2D eigenvalue weighted by atomic mass is 10.1. The van der Waals surface area contributed by atoms with E-state index in [1.807, 2.05) is 13.8 Å². The van der Waals surface area contributed by atoms with Crippen LogP contribution in [0.15, 0.2) is 10.2 Å². The number of carboxylic acid groups (broad SMARTS) is 1. The first-order chi connectivity index (χ1) is 9.45. The fourth-order valence-corrected chi connectivity index (χ4v) is 2.65. The van der Waals surface area contributed by atoms with Crippen LogP contribution in [0.25, 0.3) is 0 Å². The number of aryl methyl sites for hydroxylation is 1. The van der Waals surface area contributed by atoms with Gasteiger partial charge in [-0.15, -0.1) is 0 Å². The summed E-state index contributed by atoms with van der Waals surface area (Å²) in [6.07, 6.45) is 1.85. The molecule has 0 fully saturated rings. The molecule has 2 N–H and O–H groups in total. The molecule has 0 aromatic carbocycles. The Kier molecular flexibility index (Phi) is 6.44. The monoisotopic (exact) mass is 300 g/mol. The van der Waals surface area contributed by atoms with Gasteiger partial charge in [-0.1, -0.05) is 24.7 Å². The van der Waals surface area contributed by atoms with Crippen molar-refractivity contribution >= 4 is 23.2 Å². The molecule has 0 aliphatic heterocycles. The number of carbonyl (C=O) groups is 2. The van der Waals surface area contributed by atoms with Gasteiger partial charge >= 0.3 is 10.8 Å². The van der Waals surface area contributed by atoms with Crippen LogP contribution < -0.4 is 10.2 Å². The SMILES string of the molecule is CCC[C@@H](NC(=O)CCCn1c(C)csc1=O)C(=O)O. The van der Waals surface area contributed by atoms with Crippen molar-refractivity contribution < 1.29 is 14.7 Å². The summed E-state index contributed by atoms with van der Waals surface area (Å²) in [6.45, 7) is 4.20. The summed E-state index contributed by atoms with van der Waals surface area (Å²) in [7, 11) is 0. The van der Waals surface area contributed by atoms with Crippen LogP contribution in [0, 0.1) is 6.92 Å². The number of rotatable bonds is 8. The van der Waals surface area contributed by atoms with E-state index in [4.69, 9.17) is 5.11 Å². The number of amides is 1. The van der Waals surface area contributed by atoms with Gasteiger partial charge in [0.2, 0.25) is 5.91 Å². The Bertz CT molecular complexity index is 521. The maximum atomic E-state index is 11.7. The summed E-state index contributed by atoms with van der Waals surface area (Å²) >= 11 is 1.14. The first-order valence-corrected chi connectivity index (χ1v) is 7.50. The predicted octanol–water partition coefficient (Wildman–Crippen LogP) is 1.37. The normalized spacial score (nSPS) is 12.1. The number of carboxylic acids is 1. The van der Waals surface area contributed by atoms with Crippen LogP contribution in [-0.2, 0) is 16.1 Å². The van der Waals surface area contributed by atoms with E-state index in [9.17, 15) is 14.4 Å². The van der Waals surface area contributed by atoms with Crippen molar-refractivity contribution in [2.75, 3.05) is 0 Å². The lowest BCUT2D eigenvalue weighted by molar-refractivity contribution is -0.142. The van der Waals surface area contributed by atoms with Crippen molar-refractivity contribution in [1.29, 1.82) is 0 Å². The average Bonchev–Trinajstić information content (AvgIpc) is 2.69. The number of thiazole rings is 1. The molecule has 0 aliphatic carbocycles. The maximum absolute atomic E-state index is 11.7. The molecule has 1 heterocycles. The number of nitrogens with zero attached hydrogens (tertiary/aromatic N) is 1. The van der Waals surface area contributed by atoms with Gasteiger partial charge in [-0.25, -0.2) is 4.79 Å². The van der Waals surface area contributed by atoms with Gasteiger partial charge in [-0.2, -0.15) is 0 Å². The van der Waals surface area contributed by atoms with Crippen LogP contribution in [0.4, 0.5) is 0 Å². The zero-order chi connectivity index (χ0) is 15.1. The quantitative estimate of drug-likeness (QED) is 0.759. The Morgan fingerprint density at radius 3 is 2.70 bits per heavy atom. The molecular weight excluding hydrogens is 280 g/mol. The fraction of sp³-hybridized carbons (Fsp3) is 0.615. The molecule has 7 heteroatoms. The smallest absolute Gasteiger partial charge is 0.326 e. The van der Waals surface area contributed by atoms with Crippen LogP contribution in [0.3, 0.4) is 0 Å². The molecule has 6 nitrogen and oxygen atoms in total. The fourth-order valence-electron chi connectivity index (χ4n) is 1.88. The molecule has 0 spiro atoms. The Labute approximate surface area is 121 Å². The molecule has 112 valence electrons. The van der Waals surface area contributed by atoms with Gasteiger partial charge in [-0.05, 0) is 19.8 Å². The second-order valence-corrected chi connectivity index (χ2v) is 5.47. The van der Waals surface area contributed by atoms with Crippen LogP contribution in [0.1, 0.15) is 38.3 Å². The number of aromatic nitrogens is 1. The van der Waals surface area contributed by atoms with Gasteiger partial charge in [0, 0.05) is 24.0 Å². The topological polar surface area (TPSA) is 88.4 Å². The van der Waals surface area contributed by atoms with Gasteiger partial charge < -0.3 is 15.0 Å². The summed E-state index contributed by atoms with van der Waals surface area (Å²) < 4.78 is 1.62. The molecule has 0 radical (unpaired) electrons. The van der Waals surface area contributed by atoms with Gasteiger partial charge in [0.15, 0.2) is 0 Å². The number of carbonyl (C=O) groups excluding carboxylic acids is 1. The third kappa shape index (κ3) is 4.80. The van der Waals surface area contributed by atoms with Crippen molar-refractivity contribution in [3.63, 3.8) is 0 Å². The number of hydrogen-bond acceptors (Lipinski definition) is 4. The second-order valence-electron chi connectivity index (χ2n) is 4.65. The Morgan fingerprint density at radius 1 is 1.50 bits per heavy atom. The predicted molar refractivity (Wildman–Crippen MR) is 77.0 cm³/mol. The first kappa shape index (κ1) is 16.4. The average molecular weight is 300 g/mol. The molecule has 1 atom stereocenters. The van der Waals surface area contributed by atoms with E-state index >= 15 is 0 Å². The Hall–Kier alpha value is -1.63. The number of aliphatic carboxylic acids is 1. The third-order valence-corrected chi connectivity index (χ3v) is 3.85. The van der Waals surface area contributed by atoms with Crippen molar-refractivity contribution in [2.45, 2.75) is 52.1 Å². The van der Waals surface area contributed by atoms with Crippen molar-refractivity contribution in [3.8, 4) is 0 Å². The molecule has 1 aromatic heterocycles.